The second kappa shape index (κ2) is 2.80. The van der Waals surface area contributed by atoms with Crippen molar-refractivity contribution in [3.8, 4) is 5.69 Å². The van der Waals surface area contributed by atoms with Crippen LogP contribution < -0.4 is 11.4 Å². The smallest absolute Gasteiger partial charge is 0.245 e. The molecule has 1 aromatic carbocycles. The van der Waals surface area contributed by atoms with Gasteiger partial charge in [-0.3, -0.25) is 0 Å². The van der Waals surface area contributed by atoms with Gasteiger partial charge in [0, 0.05) is 5.92 Å². The summed E-state index contributed by atoms with van der Waals surface area (Å²) in [5, 5.41) is 0. The van der Waals surface area contributed by atoms with Crippen LogP contribution in [-0.2, 0) is 0 Å². The molecule has 6 rings (SSSR count). The number of hydrogen-bond donors (Lipinski definition) is 0. The van der Waals surface area contributed by atoms with Crippen LogP contribution in [0.2, 0.25) is 0 Å². The molecule has 2 aromatic rings. The zero-order valence-corrected chi connectivity index (χ0v) is 11.6. The molecule has 1 aromatic heterocycles. The van der Waals surface area contributed by atoms with Gasteiger partial charge in [0.25, 0.3) is 0 Å². The third-order valence-electron chi connectivity index (χ3n) is 6.69. The van der Waals surface area contributed by atoms with E-state index in [-0.39, 0.29) is 23.5 Å². The third kappa shape index (κ3) is 0.859. The van der Waals surface area contributed by atoms with Crippen molar-refractivity contribution < 1.29 is 0 Å². The first-order chi connectivity index (χ1) is 10.1. The maximum absolute atomic E-state index is 12.8. The Labute approximate surface area is 120 Å². The largest absolute Gasteiger partial charge is 0.352 e. The van der Waals surface area contributed by atoms with Gasteiger partial charge in [0.2, 0.25) is 0 Å². The Balaban J connectivity index is 1.64. The molecule has 106 valence electrons. The number of aromatic nitrogens is 3. The van der Waals surface area contributed by atoms with Gasteiger partial charge in [-0.1, -0.05) is 25.1 Å². The normalized spacial score (nSPS) is 43.4. The molecule has 3 aliphatic carbocycles. The summed E-state index contributed by atoms with van der Waals surface area (Å²) in [5.74, 6) is 1.95. The van der Waals surface area contributed by atoms with E-state index >= 15 is 0 Å². The van der Waals surface area contributed by atoms with Crippen molar-refractivity contribution in [2.75, 3.05) is 0 Å². The lowest BCUT2D eigenvalue weighted by molar-refractivity contribution is 0.154. The van der Waals surface area contributed by atoms with Gasteiger partial charge in [-0.2, -0.15) is 0 Å². The van der Waals surface area contributed by atoms with Crippen LogP contribution in [0.4, 0.5) is 0 Å². The average molecular weight is 281 g/mol. The maximum Gasteiger partial charge on any atom is 0.352 e. The lowest BCUT2D eigenvalue weighted by atomic mass is 9.74. The molecule has 4 aliphatic rings. The minimum Gasteiger partial charge on any atom is -0.245 e. The Morgan fingerprint density at radius 3 is 2.48 bits per heavy atom. The summed E-state index contributed by atoms with van der Waals surface area (Å²) in [6.07, 6.45) is 1.07. The Bertz CT molecular complexity index is 884. The Hall–Kier alpha value is -2.04. The highest BCUT2D eigenvalue weighted by Crippen LogP contribution is 2.88. The van der Waals surface area contributed by atoms with Crippen LogP contribution in [-0.4, -0.2) is 13.9 Å². The van der Waals surface area contributed by atoms with E-state index in [2.05, 4.69) is 6.92 Å². The van der Waals surface area contributed by atoms with E-state index in [1.165, 1.54) is 4.57 Å². The fraction of sp³-hybridized carbons (Fsp3) is 0.500. The molecule has 3 fully saturated rings. The van der Waals surface area contributed by atoms with Crippen molar-refractivity contribution in [1.29, 1.82) is 0 Å². The Kier molecular flexibility index (Phi) is 1.42. The summed E-state index contributed by atoms with van der Waals surface area (Å²) >= 11 is 0. The average Bonchev–Trinajstić information content (AvgIpc) is 2.61. The molecule has 0 saturated heterocycles. The number of rotatable bonds is 1. The van der Waals surface area contributed by atoms with Crippen LogP contribution in [0.15, 0.2) is 39.9 Å². The molecule has 3 saturated carbocycles. The van der Waals surface area contributed by atoms with E-state index < -0.39 is 0 Å². The molecule has 0 unspecified atom stereocenters. The van der Waals surface area contributed by atoms with Crippen molar-refractivity contribution in [1.82, 2.24) is 13.9 Å². The summed E-state index contributed by atoms with van der Waals surface area (Å²) in [6, 6.07) is 9.79. The predicted octanol–water partition coefficient (Wildman–Crippen LogP) is 1.18. The number of hydrogen-bond acceptors (Lipinski definition) is 2. The van der Waals surface area contributed by atoms with Gasteiger partial charge >= 0.3 is 11.4 Å². The van der Waals surface area contributed by atoms with Crippen molar-refractivity contribution in [3.05, 3.63) is 51.3 Å². The van der Waals surface area contributed by atoms with Crippen molar-refractivity contribution >= 4 is 0 Å². The van der Waals surface area contributed by atoms with Crippen LogP contribution in [0.25, 0.3) is 5.69 Å². The van der Waals surface area contributed by atoms with Crippen LogP contribution in [0.5, 0.6) is 0 Å². The third-order valence-corrected chi connectivity index (χ3v) is 6.69. The predicted molar refractivity (Wildman–Crippen MR) is 75.6 cm³/mol. The van der Waals surface area contributed by atoms with Crippen LogP contribution >= 0.6 is 0 Å². The molecule has 6 atom stereocenters. The second-order valence-electron chi connectivity index (χ2n) is 7.32. The molecule has 0 spiro atoms. The molecule has 0 N–H and O–H groups in total. The van der Waals surface area contributed by atoms with E-state index in [0.717, 1.165) is 12.3 Å². The minimum atomic E-state index is -0.158. The highest BCUT2D eigenvalue weighted by molar-refractivity contribution is 5.35. The number of nitrogens with zero attached hydrogens (tertiary/aromatic N) is 3. The quantitative estimate of drug-likeness (QED) is 0.788. The summed E-state index contributed by atoms with van der Waals surface area (Å²) in [4.78, 5) is 25.6. The standard InChI is InChI=1S/C16H15N3O2/c1-16-7-9-10-11(16)12(16)13(10)19-15(21)17(14(20)18(9)19)8-5-3-2-4-6-8/h2-6,9-13H,7H2,1H3/t9-,10+,11+,12+,13+,16-/m0/s1. The van der Waals surface area contributed by atoms with Crippen molar-refractivity contribution in [2.24, 2.45) is 23.2 Å². The number of para-hydroxylation sites is 1. The van der Waals surface area contributed by atoms with Gasteiger partial charge in [-0.05, 0) is 35.8 Å². The molecule has 5 heteroatoms. The van der Waals surface area contributed by atoms with E-state index in [4.69, 9.17) is 0 Å². The molecule has 21 heavy (non-hydrogen) atoms. The Morgan fingerprint density at radius 2 is 1.76 bits per heavy atom. The fourth-order valence-electron chi connectivity index (χ4n) is 5.96. The first-order valence-electron chi connectivity index (χ1n) is 7.66. The maximum atomic E-state index is 12.8. The SMILES string of the molecule is C[C@@]12C[C@H]3[C@H]4[C@H]([C@H]1[C@@H]42)n1c(=O)n(-c2ccccc2)c(=O)n13. The summed E-state index contributed by atoms with van der Waals surface area (Å²) in [6.45, 7) is 2.34. The second-order valence-corrected chi connectivity index (χ2v) is 7.32. The molecule has 0 bridgehead atoms. The van der Waals surface area contributed by atoms with Gasteiger partial charge in [0.15, 0.2) is 0 Å². The lowest BCUT2D eigenvalue weighted by Crippen LogP contribution is -2.38. The van der Waals surface area contributed by atoms with E-state index in [1.54, 1.807) is 9.36 Å². The topological polar surface area (TPSA) is 48.9 Å². The van der Waals surface area contributed by atoms with Gasteiger partial charge in [0.05, 0.1) is 17.8 Å². The monoisotopic (exact) mass is 281 g/mol. The highest BCUT2D eigenvalue weighted by atomic mass is 16.2. The van der Waals surface area contributed by atoms with Crippen LogP contribution in [0.1, 0.15) is 25.4 Å². The molecule has 0 amide bonds. The first-order valence-corrected chi connectivity index (χ1v) is 7.66. The van der Waals surface area contributed by atoms with Crippen molar-refractivity contribution in [3.63, 3.8) is 0 Å². The zero-order valence-electron chi connectivity index (χ0n) is 11.6. The van der Waals surface area contributed by atoms with E-state index in [1.807, 2.05) is 30.3 Å². The molecule has 2 heterocycles. The molecule has 0 radical (unpaired) electrons. The van der Waals surface area contributed by atoms with E-state index in [9.17, 15) is 9.59 Å². The summed E-state index contributed by atoms with van der Waals surface area (Å²) in [5.41, 5.74) is 0.766. The van der Waals surface area contributed by atoms with Gasteiger partial charge in [0.1, 0.15) is 0 Å². The van der Waals surface area contributed by atoms with Crippen LogP contribution in [0, 0.1) is 23.2 Å². The summed E-state index contributed by atoms with van der Waals surface area (Å²) in [7, 11) is 0. The Morgan fingerprint density at radius 1 is 1.05 bits per heavy atom. The fourth-order valence-corrected chi connectivity index (χ4v) is 5.96. The molecular formula is C16H15N3O2. The lowest BCUT2D eigenvalue weighted by Gasteiger charge is -2.32. The number of fused-ring (bicyclic) bond motifs is 5. The molecule has 5 nitrogen and oxygen atoms in total. The van der Waals surface area contributed by atoms with Gasteiger partial charge in [-0.15, -0.1) is 0 Å². The van der Waals surface area contributed by atoms with Gasteiger partial charge in [-0.25, -0.2) is 23.5 Å². The first kappa shape index (κ1) is 10.7. The van der Waals surface area contributed by atoms with Crippen LogP contribution in [0.3, 0.4) is 0 Å². The van der Waals surface area contributed by atoms with Crippen molar-refractivity contribution in [2.45, 2.75) is 25.4 Å². The minimum absolute atomic E-state index is 0.154. The van der Waals surface area contributed by atoms with Gasteiger partial charge < -0.3 is 0 Å². The number of benzene rings is 1. The highest BCUT2D eigenvalue weighted by Gasteiger charge is 2.86. The van der Waals surface area contributed by atoms with E-state index in [0.29, 0.717) is 22.9 Å². The zero-order chi connectivity index (χ0) is 14.1. The summed E-state index contributed by atoms with van der Waals surface area (Å²) < 4.78 is 4.89. The molecular weight excluding hydrogens is 266 g/mol. The molecule has 1 aliphatic heterocycles.